The van der Waals surface area contributed by atoms with Gasteiger partial charge in [-0.15, -0.1) is 0 Å². The molecule has 26 heavy (non-hydrogen) atoms. The molecule has 0 amide bonds. The van der Waals surface area contributed by atoms with Gasteiger partial charge in [-0.1, -0.05) is 30.3 Å². The Balaban J connectivity index is 1.57. The van der Waals surface area contributed by atoms with Gasteiger partial charge in [0.05, 0.1) is 23.3 Å². The van der Waals surface area contributed by atoms with E-state index < -0.39 is 0 Å². The highest BCUT2D eigenvalue weighted by molar-refractivity contribution is 5.77. The Morgan fingerprint density at radius 1 is 1.00 bits per heavy atom. The summed E-state index contributed by atoms with van der Waals surface area (Å²) in [6, 6.07) is 20.6. The summed E-state index contributed by atoms with van der Waals surface area (Å²) in [5.41, 5.74) is 6.18. The number of aromatic nitrogens is 3. The van der Waals surface area contributed by atoms with Crippen LogP contribution in [0, 0.1) is 18.3 Å². The number of rotatable bonds is 4. The minimum Gasteiger partial charge on any atom is -0.296 e. The molecular formula is C22H18N4. The lowest BCUT2D eigenvalue weighted by Gasteiger charge is -2.09. The van der Waals surface area contributed by atoms with Crippen molar-refractivity contribution in [2.75, 3.05) is 0 Å². The summed E-state index contributed by atoms with van der Waals surface area (Å²) in [5.74, 6) is 0.948. The van der Waals surface area contributed by atoms with Crippen LogP contribution in [-0.2, 0) is 12.8 Å². The first-order chi connectivity index (χ1) is 12.8. The highest BCUT2D eigenvalue weighted by Crippen LogP contribution is 2.21. The number of benzene rings is 2. The molecule has 0 radical (unpaired) electrons. The minimum absolute atomic E-state index is 0.762. The van der Waals surface area contributed by atoms with E-state index in [4.69, 9.17) is 0 Å². The number of hydrogen-bond acceptors (Lipinski definition) is 3. The van der Waals surface area contributed by atoms with E-state index >= 15 is 0 Å². The average Bonchev–Trinajstić information content (AvgIpc) is 3.02. The Hall–Kier alpha value is -3.45. The van der Waals surface area contributed by atoms with Crippen LogP contribution >= 0.6 is 0 Å². The normalized spacial score (nSPS) is 10.8. The van der Waals surface area contributed by atoms with Gasteiger partial charge in [-0.2, -0.15) is 5.26 Å². The van der Waals surface area contributed by atoms with E-state index in [-0.39, 0.29) is 0 Å². The maximum Gasteiger partial charge on any atom is 0.111 e. The third-order valence-corrected chi connectivity index (χ3v) is 4.64. The number of fused-ring (bicyclic) bond motifs is 1. The fraction of sp³-hybridized carbons (Fsp3) is 0.136. The molecule has 126 valence electrons. The zero-order valence-corrected chi connectivity index (χ0v) is 14.6. The molecule has 0 aliphatic heterocycles. The molecule has 0 unspecified atom stereocenters. The Kier molecular flexibility index (Phi) is 4.20. The molecule has 4 aromatic rings. The predicted octanol–water partition coefficient (Wildman–Crippen LogP) is 4.39. The first-order valence-electron chi connectivity index (χ1n) is 8.62. The van der Waals surface area contributed by atoms with Gasteiger partial charge < -0.3 is 0 Å². The van der Waals surface area contributed by atoms with Crippen LogP contribution in [0.25, 0.3) is 16.7 Å². The van der Waals surface area contributed by atoms with Crippen molar-refractivity contribution in [3.05, 3.63) is 89.5 Å². The average molecular weight is 338 g/mol. The Morgan fingerprint density at radius 2 is 1.81 bits per heavy atom. The third-order valence-electron chi connectivity index (χ3n) is 4.64. The molecule has 0 fully saturated rings. The van der Waals surface area contributed by atoms with Crippen LogP contribution in [0.15, 0.2) is 67.0 Å². The molecule has 2 heterocycles. The monoisotopic (exact) mass is 338 g/mol. The van der Waals surface area contributed by atoms with Crippen molar-refractivity contribution in [2.45, 2.75) is 19.8 Å². The molecule has 0 saturated heterocycles. The van der Waals surface area contributed by atoms with Crippen LogP contribution in [0.4, 0.5) is 0 Å². The molecule has 2 aromatic carbocycles. The van der Waals surface area contributed by atoms with E-state index in [2.05, 4.69) is 44.9 Å². The molecule has 2 aromatic heterocycles. The molecular weight excluding hydrogens is 320 g/mol. The zero-order chi connectivity index (χ0) is 17.9. The van der Waals surface area contributed by atoms with Crippen molar-refractivity contribution in [1.29, 1.82) is 5.26 Å². The smallest absolute Gasteiger partial charge is 0.111 e. The maximum atomic E-state index is 9.21. The van der Waals surface area contributed by atoms with Crippen molar-refractivity contribution < 1.29 is 0 Å². The lowest BCUT2D eigenvalue weighted by molar-refractivity contribution is 0.949. The van der Waals surface area contributed by atoms with Gasteiger partial charge in [0.1, 0.15) is 11.3 Å². The highest BCUT2D eigenvalue weighted by Gasteiger charge is 2.09. The zero-order valence-electron chi connectivity index (χ0n) is 14.6. The summed E-state index contributed by atoms with van der Waals surface area (Å²) in [7, 11) is 0. The van der Waals surface area contributed by atoms with E-state index in [1.807, 2.05) is 37.3 Å². The highest BCUT2D eigenvalue weighted by atomic mass is 15.1. The standard InChI is InChI=1S/C22H18N4/c1-16-25-21-15-24-13-12-22(21)26(16)20-10-7-17(8-11-20)6-9-18-4-2-3-5-19(18)14-23/h2-5,7-8,10-13,15H,6,9H2,1H3. The number of pyridine rings is 1. The summed E-state index contributed by atoms with van der Waals surface area (Å²) >= 11 is 0. The number of nitriles is 1. The van der Waals surface area contributed by atoms with Crippen molar-refractivity contribution in [2.24, 2.45) is 0 Å². The number of imidazole rings is 1. The van der Waals surface area contributed by atoms with Crippen LogP contribution in [-0.4, -0.2) is 14.5 Å². The van der Waals surface area contributed by atoms with Crippen LogP contribution in [0.5, 0.6) is 0 Å². The van der Waals surface area contributed by atoms with Gasteiger partial charge in [0.15, 0.2) is 0 Å². The first-order valence-corrected chi connectivity index (χ1v) is 8.62. The molecule has 0 aliphatic rings. The van der Waals surface area contributed by atoms with Crippen molar-refractivity contribution >= 4 is 11.0 Å². The van der Waals surface area contributed by atoms with Crippen LogP contribution in [0.3, 0.4) is 0 Å². The van der Waals surface area contributed by atoms with Crippen LogP contribution < -0.4 is 0 Å². The van der Waals surface area contributed by atoms with Gasteiger partial charge in [-0.25, -0.2) is 4.98 Å². The lowest BCUT2D eigenvalue weighted by atomic mass is 10.0. The van der Waals surface area contributed by atoms with Crippen LogP contribution in [0.1, 0.15) is 22.5 Å². The van der Waals surface area contributed by atoms with Crippen molar-refractivity contribution in [3.63, 3.8) is 0 Å². The fourth-order valence-electron chi connectivity index (χ4n) is 3.32. The second kappa shape index (κ2) is 6.81. The topological polar surface area (TPSA) is 54.5 Å². The number of hydrogen-bond donors (Lipinski definition) is 0. The molecule has 0 aliphatic carbocycles. The molecule has 0 N–H and O–H groups in total. The second-order valence-electron chi connectivity index (χ2n) is 6.29. The SMILES string of the molecule is Cc1nc2cnccc2n1-c1ccc(CCc2ccccc2C#N)cc1. The minimum atomic E-state index is 0.762. The first kappa shape index (κ1) is 16.0. The van der Waals surface area contributed by atoms with E-state index in [1.165, 1.54) is 5.56 Å². The summed E-state index contributed by atoms with van der Waals surface area (Å²) in [6.45, 7) is 2.01. The number of nitrogens with zero attached hydrogens (tertiary/aromatic N) is 4. The van der Waals surface area contributed by atoms with Crippen molar-refractivity contribution in [1.82, 2.24) is 14.5 Å². The summed E-state index contributed by atoms with van der Waals surface area (Å²) in [4.78, 5) is 8.72. The Bertz CT molecular complexity index is 1100. The van der Waals surface area contributed by atoms with E-state index in [0.717, 1.165) is 46.5 Å². The number of aryl methyl sites for hydroxylation is 3. The van der Waals surface area contributed by atoms with E-state index in [1.54, 1.807) is 12.4 Å². The van der Waals surface area contributed by atoms with Gasteiger partial charge in [-0.05, 0) is 55.2 Å². The fourth-order valence-corrected chi connectivity index (χ4v) is 3.32. The summed E-state index contributed by atoms with van der Waals surface area (Å²) in [5, 5.41) is 9.21. The third kappa shape index (κ3) is 2.96. The molecule has 0 atom stereocenters. The van der Waals surface area contributed by atoms with Gasteiger partial charge in [0, 0.05) is 11.9 Å². The molecule has 4 rings (SSSR count). The Morgan fingerprint density at radius 3 is 2.62 bits per heavy atom. The van der Waals surface area contributed by atoms with Crippen LogP contribution in [0.2, 0.25) is 0 Å². The van der Waals surface area contributed by atoms with Gasteiger partial charge in [-0.3, -0.25) is 9.55 Å². The largest absolute Gasteiger partial charge is 0.296 e. The summed E-state index contributed by atoms with van der Waals surface area (Å²) < 4.78 is 2.14. The molecule has 4 nitrogen and oxygen atoms in total. The predicted molar refractivity (Wildman–Crippen MR) is 102 cm³/mol. The van der Waals surface area contributed by atoms with Gasteiger partial charge in [0.25, 0.3) is 0 Å². The molecule has 0 saturated carbocycles. The quantitative estimate of drug-likeness (QED) is 0.555. The Labute approximate surface area is 152 Å². The van der Waals surface area contributed by atoms with Crippen molar-refractivity contribution in [3.8, 4) is 11.8 Å². The second-order valence-corrected chi connectivity index (χ2v) is 6.29. The lowest BCUT2D eigenvalue weighted by Crippen LogP contribution is -1.98. The maximum absolute atomic E-state index is 9.21. The van der Waals surface area contributed by atoms with Gasteiger partial charge in [0.2, 0.25) is 0 Å². The summed E-state index contributed by atoms with van der Waals surface area (Å²) in [6.07, 6.45) is 5.36. The van der Waals surface area contributed by atoms with Gasteiger partial charge >= 0.3 is 0 Å². The molecule has 0 bridgehead atoms. The van der Waals surface area contributed by atoms with E-state index in [0.29, 0.717) is 0 Å². The molecule has 4 heteroatoms. The molecule has 0 spiro atoms. The van der Waals surface area contributed by atoms with E-state index in [9.17, 15) is 5.26 Å².